The molecule has 1 saturated heterocycles. The van der Waals surface area contributed by atoms with Gasteiger partial charge in [0, 0.05) is 25.5 Å². The first kappa shape index (κ1) is 20.1. The van der Waals surface area contributed by atoms with Gasteiger partial charge in [-0.3, -0.25) is 0 Å². The number of nitrogens with zero attached hydrogens (tertiary/aromatic N) is 7. The first-order valence-electron chi connectivity index (χ1n) is 10.6. The molecule has 0 spiro atoms. The fourth-order valence-electron chi connectivity index (χ4n) is 3.62. The van der Waals surface area contributed by atoms with Gasteiger partial charge >= 0.3 is 6.01 Å². The van der Waals surface area contributed by atoms with Gasteiger partial charge in [-0.25, -0.2) is 10.4 Å². The van der Waals surface area contributed by atoms with Crippen LogP contribution >= 0.6 is 0 Å². The van der Waals surface area contributed by atoms with Crippen LogP contribution in [-0.4, -0.2) is 63.6 Å². The Bertz CT molecular complexity index is 1110. The topological polar surface area (TPSA) is 103 Å². The van der Waals surface area contributed by atoms with Crippen LogP contribution in [0.4, 0.5) is 11.9 Å². The van der Waals surface area contributed by atoms with Gasteiger partial charge in [0.05, 0.1) is 32.3 Å². The number of anilines is 2. The number of benzene rings is 1. The number of allylic oxidation sites excluding steroid dienone is 2. The van der Waals surface area contributed by atoms with Crippen LogP contribution in [-0.2, 0) is 17.7 Å². The van der Waals surface area contributed by atoms with Gasteiger partial charge in [0.1, 0.15) is 6.61 Å². The molecule has 2 aromatic heterocycles. The molecule has 0 saturated carbocycles. The summed E-state index contributed by atoms with van der Waals surface area (Å²) in [6.07, 6.45) is 10.2. The number of fused-ring (bicyclic) bond motifs is 1. The van der Waals surface area contributed by atoms with E-state index in [4.69, 9.17) is 9.47 Å². The normalized spacial score (nSPS) is 15.6. The number of hydrazone groups is 1. The Labute approximate surface area is 185 Å². The third-order valence-electron chi connectivity index (χ3n) is 5.28. The highest BCUT2D eigenvalue weighted by atomic mass is 16.5. The first-order chi connectivity index (χ1) is 15.8. The van der Waals surface area contributed by atoms with Gasteiger partial charge in [0.2, 0.25) is 5.95 Å². The van der Waals surface area contributed by atoms with Crippen LogP contribution in [0, 0.1) is 0 Å². The number of aromatic nitrogens is 5. The Balaban J connectivity index is 1.29. The molecule has 1 aliphatic heterocycles. The summed E-state index contributed by atoms with van der Waals surface area (Å²) >= 11 is 0. The van der Waals surface area contributed by atoms with E-state index < -0.39 is 0 Å². The predicted molar refractivity (Wildman–Crippen MR) is 121 cm³/mol. The third-order valence-corrected chi connectivity index (χ3v) is 5.28. The molecular formula is C22H24N8O2. The number of hydrogen-bond acceptors (Lipinski definition) is 9. The summed E-state index contributed by atoms with van der Waals surface area (Å²) in [6.45, 7) is 3.76. The van der Waals surface area contributed by atoms with E-state index in [-0.39, 0.29) is 6.01 Å². The van der Waals surface area contributed by atoms with Gasteiger partial charge in [-0.15, -0.1) is 0 Å². The number of rotatable bonds is 8. The lowest BCUT2D eigenvalue weighted by atomic mass is 10.1. The molecule has 0 radical (unpaired) electrons. The molecule has 2 aliphatic rings. The van der Waals surface area contributed by atoms with Crippen molar-refractivity contribution in [3.05, 3.63) is 60.2 Å². The van der Waals surface area contributed by atoms with Crippen LogP contribution in [0.3, 0.4) is 0 Å². The van der Waals surface area contributed by atoms with Gasteiger partial charge in [-0.1, -0.05) is 30.3 Å². The molecule has 0 amide bonds. The molecule has 1 aliphatic carbocycles. The molecule has 10 nitrogen and oxygen atoms in total. The molecule has 164 valence electrons. The Kier molecular flexibility index (Phi) is 6.02. The molecule has 0 bridgehead atoms. The SMILES string of the molecule is C1=C(/C=N/Nc2nc(OCCn3ccnc3)nc(N3CCOCC3)n2)c2ccccc2C1. The van der Waals surface area contributed by atoms with E-state index in [2.05, 4.69) is 59.6 Å². The largest absolute Gasteiger partial charge is 0.461 e. The van der Waals surface area contributed by atoms with Crippen molar-refractivity contribution >= 4 is 23.7 Å². The second-order valence-corrected chi connectivity index (χ2v) is 7.38. The molecule has 3 heterocycles. The van der Waals surface area contributed by atoms with E-state index in [9.17, 15) is 0 Å². The number of morpholine rings is 1. The van der Waals surface area contributed by atoms with Crippen LogP contribution < -0.4 is 15.1 Å². The molecule has 0 atom stereocenters. The van der Waals surface area contributed by atoms with Crippen LogP contribution in [0.1, 0.15) is 11.1 Å². The Morgan fingerprint density at radius 2 is 2.06 bits per heavy atom. The van der Waals surface area contributed by atoms with Gasteiger partial charge in [0.25, 0.3) is 5.95 Å². The zero-order valence-electron chi connectivity index (χ0n) is 17.6. The van der Waals surface area contributed by atoms with Crippen molar-refractivity contribution in [2.24, 2.45) is 5.10 Å². The van der Waals surface area contributed by atoms with E-state index in [0.717, 1.165) is 12.0 Å². The van der Waals surface area contributed by atoms with E-state index in [1.165, 1.54) is 11.1 Å². The summed E-state index contributed by atoms with van der Waals surface area (Å²) in [5.41, 5.74) is 6.52. The summed E-state index contributed by atoms with van der Waals surface area (Å²) in [6, 6.07) is 8.58. The van der Waals surface area contributed by atoms with Crippen molar-refractivity contribution in [3.8, 4) is 6.01 Å². The minimum absolute atomic E-state index is 0.254. The van der Waals surface area contributed by atoms with Crippen molar-refractivity contribution in [2.45, 2.75) is 13.0 Å². The van der Waals surface area contributed by atoms with Crippen molar-refractivity contribution in [1.82, 2.24) is 24.5 Å². The summed E-state index contributed by atoms with van der Waals surface area (Å²) < 4.78 is 13.2. The minimum Gasteiger partial charge on any atom is -0.461 e. The highest BCUT2D eigenvalue weighted by Gasteiger charge is 2.17. The summed E-state index contributed by atoms with van der Waals surface area (Å²) in [5, 5.41) is 4.36. The Morgan fingerprint density at radius 1 is 1.16 bits per heavy atom. The number of hydrogen-bond donors (Lipinski definition) is 1. The lowest BCUT2D eigenvalue weighted by Gasteiger charge is -2.26. The molecule has 3 aromatic rings. The van der Waals surface area contributed by atoms with Gasteiger partial charge in [0.15, 0.2) is 0 Å². The highest BCUT2D eigenvalue weighted by molar-refractivity contribution is 6.11. The molecule has 32 heavy (non-hydrogen) atoms. The van der Waals surface area contributed by atoms with E-state index in [1.54, 1.807) is 18.7 Å². The van der Waals surface area contributed by atoms with Crippen molar-refractivity contribution < 1.29 is 9.47 Å². The molecule has 10 heteroatoms. The van der Waals surface area contributed by atoms with Gasteiger partial charge in [-0.05, 0) is 23.1 Å². The quantitative estimate of drug-likeness (QED) is 0.426. The van der Waals surface area contributed by atoms with Crippen LogP contribution in [0.15, 0.2) is 54.2 Å². The van der Waals surface area contributed by atoms with E-state index in [0.29, 0.717) is 51.4 Å². The maximum Gasteiger partial charge on any atom is 0.323 e. The fraction of sp³-hybridized carbons (Fsp3) is 0.318. The second kappa shape index (κ2) is 9.56. The summed E-state index contributed by atoms with van der Waals surface area (Å²) in [4.78, 5) is 19.5. The first-order valence-corrected chi connectivity index (χ1v) is 10.6. The predicted octanol–water partition coefficient (Wildman–Crippen LogP) is 2.02. The molecule has 1 N–H and O–H groups in total. The average molecular weight is 432 g/mol. The minimum atomic E-state index is 0.254. The maximum absolute atomic E-state index is 5.81. The number of imidazole rings is 1. The van der Waals surface area contributed by atoms with Crippen LogP contribution in [0.25, 0.3) is 5.57 Å². The maximum atomic E-state index is 5.81. The van der Waals surface area contributed by atoms with Gasteiger partial charge < -0.3 is 18.9 Å². The van der Waals surface area contributed by atoms with Crippen LogP contribution in [0.2, 0.25) is 0 Å². The van der Waals surface area contributed by atoms with Crippen molar-refractivity contribution in [1.29, 1.82) is 0 Å². The average Bonchev–Trinajstić information content (AvgIpc) is 3.50. The molecule has 5 rings (SSSR count). The highest BCUT2D eigenvalue weighted by Crippen LogP contribution is 2.25. The monoisotopic (exact) mass is 432 g/mol. The molecule has 1 fully saturated rings. The fourth-order valence-corrected chi connectivity index (χ4v) is 3.62. The zero-order valence-corrected chi connectivity index (χ0v) is 17.6. The molecule has 1 aromatic carbocycles. The van der Waals surface area contributed by atoms with Gasteiger partial charge in [-0.2, -0.15) is 20.1 Å². The van der Waals surface area contributed by atoms with Crippen molar-refractivity contribution in [3.63, 3.8) is 0 Å². The second-order valence-electron chi connectivity index (χ2n) is 7.38. The van der Waals surface area contributed by atoms with Crippen LogP contribution in [0.5, 0.6) is 6.01 Å². The Morgan fingerprint density at radius 3 is 2.94 bits per heavy atom. The number of ether oxygens (including phenoxy) is 2. The third kappa shape index (κ3) is 4.75. The smallest absolute Gasteiger partial charge is 0.323 e. The van der Waals surface area contributed by atoms with E-state index in [1.807, 2.05) is 16.8 Å². The lowest BCUT2D eigenvalue weighted by Crippen LogP contribution is -2.37. The van der Waals surface area contributed by atoms with E-state index >= 15 is 0 Å². The molecular weight excluding hydrogens is 408 g/mol. The molecule has 0 unspecified atom stereocenters. The summed E-state index contributed by atoms with van der Waals surface area (Å²) in [5.74, 6) is 0.881. The standard InChI is InChI=1S/C22H24N8O2/c1-2-4-19-17(3-1)5-6-18(19)15-24-28-20-25-21(30-10-12-31-13-11-30)27-22(26-20)32-14-9-29-8-7-23-16-29/h1-4,6-8,15-16H,5,9-14H2,(H,25,26,27,28)/b24-15+. The summed E-state index contributed by atoms with van der Waals surface area (Å²) in [7, 11) is 0. The lowest BCUT2D eigenvalue weighted by molar-refractivity contribution is 0.122. The number of nitrogens with one attached hydrogen (secondary N) is 1. The Hall–Kier alpha value is -3.79. The zero-order chi connectivity index (χ0) is 21.6. The van der Waals surface area contributed by atoms with Crippen molar-refractivity contribution in [2.75, 3.05) is 43.2 Å².